The highest BCUT2D eigenvalue weighted by atomic mass is 16.7. The third-order valence-electron chi connectivity index (χ3n) is 1.04. The van der Waals surface area contributed by atoms with Gasteiger partial charge < -0.3 is 0 Å². The summed E-state index contributed by atoms with van der Waals surface area (Å²) in [7, 11) is 0. The minimum Gasteiger partial charge on any atom is -0.234 e. The normalized spacial score (nSPS) is 8.40. The lowest BCUT2D eigenvalue weighted by molar-refractivity contribution is -0.635. The number of nitrogens with zero attached hydrogens (tertiary/aromatic N) is 3. The number of nitro groups is 1. The smallest absolute Gasteiger partial charge is 0.234 e. The van der Waals surface area contributed by atoms with Gasteiger partial charge in [0.25, 0.3) is 0 Å². The number of rotatable bonds is 4. The Morgan fingerprint density at radius 3 is 2.70 bits per heavy atom. The number of nitriles is 1. The second kappa shape index (κ2) is 4.56. The van der Waals surface area contributed by atoms with E-state index in [1.807, 2.05) is 6.92 Å². The van der Waals surface area contributed by atoms with Crippen molar-refractivity contribution in [3.8, 4) is 6.19 Å². The monoisotopic (exact) mass is 143 g/mol. The summed E-state index contributed by atoms with van der Waals surface area (Å²) in [5, 5.41) is 17.9. The summed E-state index contributed by atoms with van der Waals surface area (Å²) < 4.78 is 0. The van der Waals surface area contributed by atoms with Crippen LogP contribution in [0.4, 0.5) is 0 Å². The minimum atomic E-state index is -0.699. The summed E-state index contributed by atoms with van der Waals surface area (Å²) in [5.41, 5.74) is 0. The van der Waals surface area contributed by atoms with Gasteiger partial charge in [0.2, 0.25) is 6.19 Å². The standard InChI is InChI=1S/C5H9N3O2/c1-2-3-4-7(5-6)8(9)10/h2-4H2,1H3. The lowest BCUT2D eigenvalue weighted by Crippen LogP contribution is -2.25. The Hall–Kier alpha value is -1.31. The zero-order chi connectivity index (χ0) is 7.98. The second-order valence-corrected chi connectivity index (χ2v) is 1.81. The van der Waals surface area contributed by atoms with Crippen LogP contribution in [0.5, 0.6) is 0 Å². The van der Waals surface area contributed by atoms with Gasteiger partial charge in [0, 0.05) is 0 Å². The fourth-order valence-corrected chi connectivity index (χ4v) is 0.476. The molecule has 0 aromatic heterocycles. The fraction of sp³-hybridized carbons (Fsp3) is 0.800. The lowest BCUT2D eigenvalue weighted by Gasteiger charge is -2.01. The molecule has 0 N–H and O–H groups in total. The molecule has 0 rings (SSSR count). The third-order valence-corrected chi connectivity index (χ3v) is 1.04. The number of hydrazine groups is 1. The predicted octanol–water partition coefficient (Wildman–Crippen LogP) is 0.761. The van der Waals surface area contributed by atoms with Gasteiger partial charge in [-0.05, 0) is 11.4 Å². The first-order valence-electron chi connectivity index (χ1n) is 3.04. The molecule has 0 atom stereocenters. The summed E-state index contributed by atoms with van der Waals surface area (Å²) in [6.07, 6.45) is 3.00. The molecule has 0 amide bonds. The molecule has 0 aromatic carbocycles. The van der Waals surface area contributed by atoms with Crippen LogP contribution >= 0.6 is 0 Å². The van der Waals surface area contributed by atoms with E-state index in [2.05, 4.69) is 0 Å². The van der Waals surface area contributed by atoms with Crippen LogP contribution < -0.4 is 0 Å². The highest BCUT2D eigenvalue weighted by Crippen LogP contribution is 1.91. The van der Waals surface area contributed by atoms with E-state index in [9.17, 15) is 10.1 Å². The van der Waals surface area contributed by atoms with Gasteiger partial charge in [0.05, 0.1) is 6.54 Å². The molecule has 0 saturated heterocycles. The number of hydrogen-bond acceptors (Lipinski definition) is 3. The maximum absolute atomic E-state index is 9.95. The van der Waals surface area contributed by atoms with E-state index in [4.69, 9.17) is 5.26 Å². The van der Waals surface area contributed by atoms with Crippen molar-refractivity contribution >= 4 is 0 Å². The lowest BCUT2D eigenvalue weighted by atomic mass is 10.3. The van der Waals surface area contributed by atoms with Crippen LogP contribution in [-0.4, -0.2) is 16.6 Å². The fourth-order valence-electron chi connectivity index (χ4n) is 0.476. The molecule has 0 bridgehead atoms. The summed E-state index contributed by atoms with van der Waals surface area (Å²) >= 11 is 0. The molecule has 0 aliphatic heterocycles. The quantitative estimate of drug-likeness (QED) is 0.252. The van der Waals surface area contributed by atoms with Crippen LogP contribution in [0.1, 0.15) is 19.8 Å². The highest BCUT2D eigenvalue weighted by molar-refractivity contribution is 4.62. The van der Waals surface area contributed by atoms with E-state index >= 15 is 0 Å². The molecule has 56 valence electrons. The summed E-state index contributed by atoms with van der Waals surface area (Å²) in [5.74, 6) is 0. The zero-order valence-electron chi connectivity index (χ0n) is 5.78. The molecular weight excluding hydrogens is 134 g/mol. The van der Waals surface area contributed by atoms with Crippen molar-refractivity contribution in [1.29, 1.82) is 5.26 Å². The molecule has 0 heterocycles. The van der Waals surface area contributed by atoms with Crippen molar-refractivity contribution < 1.29 is 5.03 Å². The Morgan fingerprint density at radius 2 is 2.40 bits per heavy atom. The largest absolute Gasteiger partial charge is 0.244 e. The van der Waals surface area contributed by atoms with Crippen LogP contribution in [-0.2, 0) is 0 Å². The molecule has 0 spiro atoms. The van der Waals surface area contributed by atoms with E-state index in [-0.39, 0.29) is 6.54 Å². The Balaban J connectivity index is 3.64. The van der Waals surface area contributed by atoms with Gasteiger partial charge in [-0.2, -0.15) is 5.26 Å². The molecule has 0 aliphatic carbocycles. The maximum Gasteiger partial charge on any atom is 0.244 e. The zero-order valence-corrected chi connectivity index (χ0v) is 5.78. The molecule has 0 radical (unpaired) electrons. The van der Waals surface area contributed by atoms with Crippen molar-refractivity contribution in [2.75, 3.05) is 6.54 Å². The first-order chi connectivity index (χ1) is 4.72. The topological polar surface area (TPSA) is 70.2 Å². The van der Waals surface area contributed by atoms with E-state index in [0.29, 0.717) is 11.4 Å². The Bertz CT molecular complexity index is 151. The average Bonchev–Trinajstić information content (AvgIpc) is 1.89. The van der Waals surface area contributed by atoms with E-state index in [0.717, 1.165) is 6.42 Å². The second-order valence-electron chi connectivity index (χ2n) is 1.81. The van der Waals surface area contributed by atoms with Gasteiger partial charge in [-0.3, -0.25) is 0 Å². The van der Waals surface area contributed by atoms with Gasteiger partial charge in [-0.1, -0.05) is 13.3 Å². The predicted molar refractivity (Wildman–Crippen MR) is 34.2 cm³/mol. The van der Waals surface area contributed by atoms with Crippen LogP contribution in [0.15, 0.2) is 0 Å². The third kappa shape index (κ3) is 2.87. The average molecular weight is 143 g/mol. The van der Waals surface area contributed by atoms with E-state index < -0.39 is 5.03 Å². The molecule has 5 heteroatoms. The maximum atomic E-state index is 9.95. The summed E-state index contributed by atoms with van der Waals surface area (Å²) in [4.78, 5) is 9.95. The van der Waals surface area contributed by atoms with Crippen LogP contribution in [0.3, 0.4) is 0 Å². The molecule has 0 unspecified atom stereocenters. The van der Waals surface area contributed by atoms with Crippen molar-refractivity contribution in [1.82, 2.24) is 5.01 Å². The van der Waals surface area contributed by atoms with E-state index in [1.54, 1.807) is 0 Å². The molecule has 10 heavy (non-hydrogen) atoms. The molecule has 5 nitrogen and oxygen atoms in total. The van der Waals surface area contributed by atoms with Crippen molar-refractivity contribution in [2.45, 2.75) is 19.8 Å². The van der Waals surface area contributed by atoms with Crippen molar-refractivity contribution in [3.05, 3.63) is 10.1 Å². The Morgan fingerprint density at radius 1 is 1.80 bits per heavy atom. The number of hydrogen-bond donors (Lipinski definition) is 0. The van der Waals surface area contributed by atoms with E-state index in [1.165, 1.54) is 6.19 Å². The van der Waals surface area contributed by atoms with Gasteiger partial charge in [0.15, 0.2) is 5.03 Å². The van der Waals surface area contributed by atoms with Crippen LogP contribution in [0.25, 0.3) is 0 Å². The first kappa shape index (κ1) is 8.69. The summed E-state index contributed by atoms with van der Waals surface area (Å²) in [6, 6.07) is 0. The molecular formula is C5H9N3O2. The van der Waals surface area contributed by atoms with Gasteiger partial charge in [-0.15, -0.1) is 0 Å². The first-order valence-corrected chi connectivity index (χ1v) is 3.04. The summed E-state index contributed by atoms with van der Waals surface area (Å²) in [6.45, 7) is 2.12. The molecule has 0 saturated carbocycles. The highest BCUT2D eigenvalue weighted by Gasteiger charge is 2.10. The number of unbranched alkanes of at least 4 members (excludes halogenated alkanes) is 1. The van der Waals surface area contributed by atoms with Gasteiger partial charge in [-0.25, -0.2) is 10.1 Å². The SMILES string of the molecule is CCCCN(C#N)[N+](=O)[O-]. The molecule has 0 fully saturated rings. The van der Waals surface area contributed by atoms with Crippen molar-refractivity contribution in [2.24, 2.45) is 0 Å². The van der Waals surface area contributed by atoms with Gasteiger partial charge in [0.1, 0.15) is 0 Å². The molecule has 0 aliphatic rings. The minimum absolute atomic E-state index is 0.208. The van der Waals surface area contributed by atoms with Crippen LogP contribution in [0, 0.1) is 21.6 Å². The Kier molecular flexibility index (Phi) is 3.96. The van der Waals surface area contributed by atoms with Gasteiger partial charge >= 0.3 is 0 Å². The van der Waals surface area contributed by atoms with Crippen molar-refractivity contribution in [3.63, 3.8) is 0 Å². The molecule has 0 aromatic rings. The van der Waals surface area contributed by atoms with Crippen LogP contribution in [0.2, 0.25) is 0 Å². The Labute approximate surface area is 59.0 Å².